The van der Waals surface area contributed by atoms with Crippen molar-refractivity contribution in [3.8, 4) is 22.5 Å². The molecular weight excluding hydrogens is 620 g/mol. The Morgan fingerprint density at radius 3 is 2.60 bits per heavy atom. The van der Waals surface area contributed by atoms with E-state index >= 15 is 0 Å². The van der Waals surface area contributed by atoms with E-state index in [-0.39, 0.29) is 29.3 Å². The number of aromatic carboxylic acids is 1. The van der Waals surface area contributed by atoms with E-state index in [9.17, 15) is 24.3 Å². The van der Waals surface area contributed by atoms with Crippen molar-refractivity contribution in [2.24, 2.45) is 5.73 Å². The summed E-state index contributed by atoms with van der Waals surface area (Å²) in [5.41, 5.74) is 13.3. The second kappa shape index (κ2) is 14.0. The van der Waals surface area contributed by atoms with E-state index in [1.165, 1.54) is 12.1 Å². The van der Waals surface area contributed by atoms with E-state index in [4.69, 9.17) is 10.2 Å². The number of carbonyl (C=O) groups is 4. The van der Waals surface area contributed by atoms with Gasteiger partial charge in [-0.2, -0.15) is 0 Å². The van der Waals surface area contributed by atoms with Crippen molar-refractivity contribution in [3.63, 3.8) is 0 Å². The van der Waals surface area contributed by atoms with Crippen LogP contribution in [-0.2, 0) is 14.4 Å². The first-order valence-electron chi connectivity index (χ1n) is 15.3. The van der Waals surface area contributed by atoms with Crippen molar-refractivity contribution in [1.82, 2.24) is 9.89 Å². The fourth-order valence-electron chi connectivity index (χ4n) is 5.54. The first-order chi connectivity index (χ1) is 22.4. The summed E-state index contributed by atoms with van der Waals surface area (Å²) in [5.74, 6) is -1.93. The van der Waals surface area contributed by atoms with E-state index in [1.54, 1.807) is 6.07 Å². The van der Waals surface area contributed by atoms with Crippen molar-refractivity contribution < 1.29 is 34.4 Å². The number of quaternary nitrogens is 1. The highest BCUT2D eigenvalue weighted by Gasteiger charge is 2.41. The number of carboxylic acids is 1. The fraction of sp³-hybridized carbons (Fsp3) is 0.324. The van der Waals surface area contributed by atoms with Crippen LogP contribution >= 0.6 is 11.8 Å². The van der Waals surface area contributed by atoms with Gasteiger partial charge >= 0.3 is 5.97 Å². The van der Waals surface area contributed by atoms with Gasteiger partial charge in [0.25, 0.3) is 0 Å². The number of imide groups is 1. The average molecular weight is 661 g/mol. The largest absolute Gasteiger partial charge is 0.478 e. The van der Waals surface area contributed by atoms with E-state index in [0.29, 0.717) is 30.0 Å². The predicted octanol–water partition coefficient (Wildman–Crippen LogP) is 1.44. The van der Waals surface area contributed by atoms with Crippen molar-refractivity contribution in [3.05, 3.63) is 65.5 Å². The SMILES string of the molecule is CN(C)c1ccc2c(-c3ccc(N4C(=O)CC(SC[C@H](N)C(=O)NCCC[NH3+])C4=O)c(C(=O)O)c3)c3ccc(=[N+](C)C)cc-3oc2c1. The van der Waals surface area contributed by atoms with Crippen molar-refractivity contribution in [1.29, 1.82) is 0 Å². The van der Waals surface area contributed by atoms with Gasteiger partial charge in [0.15, 0.2) is 0 Å². The Hall–Kier alpha value is -4.72. The molecule has 2 aromatic rings. The summed E-state index contributed by atoms with van der Waals surface area (Å²) in [7, 11) is 7.75. The molecule has 2 atom stereocenters. The topological polar surface area (TPSA) is 177 Å². The second-order valence-corrected chi connectivity index (χ2v) is 13.1. The number of rotatable bonds is 11. The number of benzene rings is 3. The molecule has 1 saturated heterocycles. The molecule has 1 fully saturated rings. The second-order valence-electron chi connectivity index (χ2n) is 11.9. The Balaban J connectivity index is 1.52. The molecule has 5 rings (SSSR count). The first kappa shape index (κ1) is 33.6. The lowest BCUT2D eigenvalue weighted by Gasteiger charge is -2.20. The number of fused-ring (bicyclic) bond motifs is 2. The van der Waals surface area contributed by atoms with Gasteiger partial charge in [-0.3, -0.25) is 14.4 Å². The van der Waals surface area contributed by atoms with Gasteiger partial charge in [0, 0.05) is 73.6 Å². The zero-order valence-corrected chi connectivity index (χ0v) is 27.7. The lowest BCUT2D eigenvalue weighted by molar-refractivity contribution is -0.367. The number of carboxylic acid groups (broad SMARTS) is 1. The quantitative estimate of drug-likeness (QED) is 0.0803. The number of hydrogen-bond donors (Lipinski definition) is 4. The van der Waals surface area contributed by atoms with Crippen LogP contribution in [0.15, 0.2) is 59.0 Å². The number of hydrogen-bond acceptors (Lipinski definition) is 8. The lowest BCUT2D eigenvalue weighted by atomic mass is 9.92. The Morgan fingerprint density at radius 2 is 1.91 bits per heavy atom. The van der Waals surface area contributed by atoms with Gasteiger partial charge in [-0.15, -0.1) is 11.8 Å². The number of thioether (sulfide) groups is 1. The molecule has 0 spiro atoms. The van der Waals surface area contributed by atoms with E-state index < -0.39 is 29.1 Å². The molecule has 7 N–H and O–H groups in total. The van der Waals surface area contributed by atoms with Crippen molar-refractivity contribution >= 4 is 57.8 Å². The molecule has 1 unspecified atom stereocenters. The van der Waals surface area contributed by atoms with Gasteiger partial charge in [-0.05, 0) is 35.9 Å². The number of amides is 3. The number of anilines is 2. The summed E-state index contributed by atoms with van der Waals surface area (Å²) in [6.45, 7) is 1.14. The first-order valence-corrected chi connectivity index (χ1v) is 16.3. The Bertz CT molecular complexity index is 1920. The molecule has 2 heterocycles. The molecule has 13 heteroatoms. The minimum atomic E-state index is -1.28. The molecule has 0 saturated carbocycles. The van der Waals surface area contributed by atoms with Crippen LogP contribution in [0.25, 0.3) is 33.4 Å². The van der Waals surface area contributed by atoms with E-state index in [1.807, 2.05) is 74.1 Å². The molecule has 47 heavy (non-hydrogen) atoms. The maximum absolute atomic E-state index is 13.5. The summed E-state index contributed by atoms with van der Waals surface area (Å²) in [6.07, 6.45) is 0.597. The third-order valence-corrected chi connectivity index (χ3v) is 9.45. The molecule has 0 radical (unpaired) electrons. The number of nitrogens with two attached hydrogens (primary N) is 1. The number of nitrogens with one attached hydrogen (secondary N) is 1. The third kappa shape index (κ3) is 6.87. The van der Waals surface area contributed by atoms with Crippen LogP contribution in [0, 0.1) is 0 Å². The minimum Gasteiger partial charge on any atom is -0.478 e. The fourth-order valence-corrected chi connectivity index (χ4v) is 6.64. The molecular formula is C34H40N6O6S+2. The minimum absolute atomic E-state index is 0.00594. The molecule has 2 aliphatic heterocycles. The van der Waals surface area contributed by atoms with Gasteiger partial charge in [0.1, 0.15) is 25.4 Å². The van der Waals surface area contributed by atoms with Crippen LogP contribution in [0.5, 0.6) is 0 Å². The van der Waals surface area contributed by atoms with Crippen LogP contribution in [0.4, 0.5) is 11.4 Å². The zero-order chi connectivity index (χ0) is 34.0. The highest BCUT2D eigenvalue weighted by molar-refractivity contribution is 8.00. The van der Waals surface area contributed by atoms with E-state index in [0.717, 1.165) is 50.6 Å². The van der Waals surface area contributed by atoms with Crippen molar-refractivity contribution in [2.75, 3.05) is 56.8 Å². The lowest BCUT2D eigenvalue weighted by Crippen LogP contribution is -2.51. The highest BCUT2D eigenvalue weighted by Crippen LogP contribution is 2.42. The summed E-state index contributed by atoms with van der Waals surface area (Å²) in [6, 6.07) is 15.6. The van der Waals surface area contributed by atoms with Crippen LogP contribution in [0.2, 0.25) is 0 Å². The molecule has 1 aliphatic carbocycles. The third-order valence-electron chi connectivity index (χ3n) is 8.12. The van der Waals surface area contributed by atoms with Gasteiger partial charge in [0.2, 0.25) is 23.1 Å². The molecule has 2 aromatic carbocycles. The van der Waals surface area contributed by atoms with Gasteiger partial charge < -0.3 is 31.2 Å². The molecule has 0 aromatic heterocycles. The Morgan fingerprint density at radius 1 is 1.15 bits per heavy atom. The molecule has 0 bridgehead atoms. The van der Waals surface area contributed by atoms with Gasteiger partial charge in [0.05, 0.1) is 35.2 Å². The standard InChI is InChI=1S/C34H38N6O6S/c1-38(2)20-7-9-22-27(15-20)46-28-16-21(39(3)4)8-10-23(28)31(22)19-6-11-26(24(14-19)34(44)45)40-30(41)17-29(33(40)43)47-18-25(36)32(42)37-13-5-12-35/h6-11,14-16,25,29H,5,12-13,17-18,35-36H2,1-4H3,(H-,37,42,44,45)/p+2/t25-,29?/m0/s1. The maximum Gasteiger partial charge on any atom is 0.337 e. The molecule has 3 aliphatic rings. The monoisotopic (exact) mass is 660 g/mol. The summed E-state index contributed by atoms with van der Waals surface area (Å²) < 4.78 is 8.35. The number of carbonyl (C=O) groups excluding carboxylic acids is 3. The van der Waals surface area contributed by atoms with E-state index in [2.05, 4.69) is 11.1 Å². The number of nitrogens with zero attached hydrogens (tertiary/aromatic N) is 3. The molecule has 246 valence electrons. The van der Waals surface area contributed by atoms with Crippen molar-refractivity contribution in [2.45, 2.75) is 24.1 Å². The highest BCUT2D eigenvalue weighted by atomic mass is 32.2. The van der Waals surface area contributed by atoms with Crippen LogP contribution < -0.4 is 36.5 Å². The summed E-state index contributed by atoms with van der Waals surface area (Å²) in [4.78, 5) is 54.5. The van der Waals surface area contributed by atoms with Crippen LogP contribution in [-0.4, -0.2) is 87.1 Å². The average Bonchev–Trinajstić information content (AvgIpc) is 3.33. The summed E-state index contributed by atoms with van der Waals surface area (Å²) >= 11 is 1.12. The van der Waals surface area contributed by atoms with Crippen LogP contribution in [0.3, 0.4) is 0 Å². The maximum atomic E-state index is 13.5. The van der Waals surface area contributed by atoms with Crippen LogP contribution in [0.1, 0.15) is 23.2 Å². The Labute approximate surface area is 276 Å². The van der Waals surface area contributed by atoms with Gasteiger partial charge in [-0.25, -0.2) is 14.3 Å². The molecule has 3 amide bonds. The molecule has 12 nitrogen and oxygen atoms in total. The summed E-state index contributed by atoms with van der Waals surface area (Å²) in [5, 5.41) is 14.0. The smallest absolute Gasteiger partial charge is 0.337 e. The predicted molar refractivity (Wildman–Crippen MR) is 183 cm³/mol. The normalized spacial score (nSPS) is 15.4. The zero-order valence-electron chi connectivity index (χ0n) is 26.9. The van der Waals surface area contributed by atoms with Gasteiger partial charge in [-0.1, -0.05) is 6.07 Å². The Kier molecular flexibility index (Phi) is 9.99.